The van der Waals surface area contributed by atoms with E-state index in [2.05, 4.69) is 17.1 Å². The van der Waals surface area contributed by atoms with Crippen molar-refractivity contribution in [2.75, 3.05) is 26.2 Å². The average molecular weight is 310 g/mol. The van der Waals surface area contributed by atoms with Gasteiger partial charge in [-0.25, -0.2) is 4.79 Å². The van der Waals surface area contributed by atoms with Gasteiger partial charge in [-0.05, 0) is 38.6 Å². The number of amides is 3. The molecule has 0 saturated carbocycles. The Bertz CT molecular complexity index is 426. The van der Waals surface area contributed by atoms with Crippen molar-refractivity contribution in [2.45, 2.75) is 64.0 Å². The number of imide groups is 1. The monoisotopic (exact) mass is 310 g/mol. The van der Waals surface area contributed by atoms with Crippen LogP contribution in [0.4, 0.5) is 4.79 Å². The van der Waals surface area contributed by atoms with Crippen LogP contribution in [0.1, 0.15) is 52.9 Å². The summed E-state index contributed by atoms with van der Waals surface area (Å²) in [4.78, 5) is 28.8. The molecular weight excluding hydrogens is 280 g/mol. The number of piperidine rings is 1. The third-order valence-corrected chi connectivity index (χ3v) is 5.38. The number of nitrogens with two attached hydrogens (primary N) is 1. The highest BCUT2D eigenvalue weighted by Crippen LogP contribution is 2.30. The Morgan fingerprint density at radius 2 is 1.77 bits per heavy atom. The first kappa shape index (κ1) is 17.2. The number of nitrogens with one attached hydrogen (secondary N) is 1. The predicted octanol–water partition coefficient (Wildman–Crippen LogP) is 1.30. The zero-order valence-corrected chi connectivity index (χ0v) is 14.2. The molecule has 0 aromatic rings. The van der Waals surface area contributed by atoms with Crippen molar-refractivity contribution in [1.29, 1.82) is 0 Å². The van der Waals surface area contributed by atoms with Crippen LogP contribution in [0.25, 0.3) is 0 Å². The van der Waals surface area contributed by atoms with Gasteiger partial charge >= 0.3 is 6.03 Å². The summed E-state index contributed by atoms with van der Waals surface area (Å²) < 4.78 is 0. The predicted molar refractivity (Wildman–Crippen MR) is 86.4 cm³/mol. The Kier molecular flexibility index (Phi) is 5.12. The number of hydrogen-bond donors (Lipinski definition) is 2. The fourth-order valence-corrected chi connectivity index (χ4v) is 3.42. The summed E-state index contributed by atoms with van der Waals surface area (Å²) in [7, 11) is 0. The molecule has 0 atom stereocenters. The molecule has 126 valence electrons. The molecule has 0 aromatic carbocycles. The van der Waals surface area contributed by atoms with E-state index in [1.807, 2.05) is 13.8 Å². The van der Waals surface area contributed by atoms with Crippen molar-refractivity contribution >= 4 is 11.9 Å². The smallest absolute Gasteiger partial charge is 0.324 e. The van der Waals surface area contributed by atoms with Crippen LogP contribution in [0.2, 0.25) is 0 Å². The number of carbonyl (C=O) groups excluding carboxylic acids is 2. The second kappa shape index (κ2) is 6.54. The molecule has 6 heteroatoms. The Hall–Kier alpha value is -1.14. The zero-order chi connectivity index (χ0) is 16.4. The molecular formula is C16H30N4O2. The second-order valence-corrected chi connectivity index (χ2v) is 6.81. The minimum atomic E-state index is -0.691. The van der Waals surface area contributed by atoms with Gasteiger partial charge in [-0.1, -0.05) is 20.8 Å². The second-order valence-electron chi connectivity index (χ2n) is 6.81. The molecule has 2 aliphatic rings. The summed E-state index contributed by atoms with van der Waals surface area (Å²) in [5, 5.41) is 2.96. The summed E-state index contributed by atoms with van der Waals surface area (Å²) in [6, 6.07) is -0.273. The number of carbonyl (C=O) groups is 2. The van der Waals surface area contributed by atoms with E-state index in [4.69, 9.17) is 5.73 Å². The van der Waals surface area contributed by atoms with Gasteiger partial charge in [-0.2, -0.15) is 0 Å². The van der Waals surface area contributed by atoms with E-state index in [9.17, 15) is 9.59 Å². The minimum Gasteiger partial charge on any atom is -0.324 e. The molecule has 3 amide bonds. The highest BCUT2D eigenvalue weighted by Gasteiger charge is 2.53. The Balaban J connectivity index is 2.06. The summed E-state index contributed by atoms with van der Waals surface area (Å²) in [5.41, 5.74) is 5.12. The van der Waals surface area contributed by atoms with Crippen LogP contribution in [-0.2, 0) is 4.79 Å². The summed E-state index contributed by atoms with van der Waals surface area (Å²) in [6.45, 7) is 9.25. The zero-order valence-electron chi connectivity index (χ0n) is 14.2. The van der Waals surface area contributed by atoms with Crippen molar-refractivity contribution in [3.63, 3.8) is 0 Å². The molecule has 2 heterocycles. The quantitative estimate of drug-likeness (QED) is 0.725. The van der Waals surface area contributed by atoms with Crippen LogP contribution in [0.5, 0.6) is 0 Å². The summed E-state index contributed by atoms with van der Waals surface area (Å²) >= 11 is 0. The van der Waals surface area contributed by atoms with Gasteiger partial charge in [0, 0.05) is 25.2 Å². The highest BCUT2D eigenvalue weighted by atomic mass is 16.2. The number of urea groups is 1. The molecule has 2 aliphatic heterocycles. The van der Waals surface area contributed by atoms with Crippen LogP contribution in [0.15, 0.2) is 0 Å². The SMILES string of the molecule is CCCN1CCC2(CC1)NC(=O)N(CC(N)(CC)CC)C2=O. The van der Waals surface area contributed by atoms with E-state index in [1.54, 1.807) is 0 Å². The van der Waals surface area contributed by atoms with E-state index in [1.165, 1.54) is 4.90 Å². The molecule has 0 aliphatic carbocycles. The Morgan fingerprint density at radius 3 is 2.27 bits per heavy atom. The van der Waals surface area contributed by atoms with Crippen molar-refractivity contribution in [1.82, 2.24) is 15.1 Å². The lowest BCUT2D eigenvalue weighted by atomic mass is 9.86. The maximum atomic E-state index is 12.8. The number of nitrogens with zero attached hydrogens (tertiary/aromatic N) is 2. The third-order valence-electron chi connectivity index (χ3n) is 5.38. The number of likely N-dealkylation sites (tertiary alicyclic amines) is 1. The first-order valence-electron chi connectivity index (χ1n) is 8.55. The van der Waals surface area contributed by atoms with Crippen LogP contribution in [0, 0.1) is 0 Å². The van der Waals surface area contributed by atoms with Crippen molar-refractivity contribution in [2.24, 2.45) is 5.73 Å². The van der Waals surface area contributed by atoms with Crippen LogP contribution >= 0.6 is 0 Å². The van der Waals surface area contributed by atoms with Gasteiger partial charge in [0.15, 0.2) is 0 Å². The van der Waals surface area contributed by atoms with Gasteiger partial charge in [0.05, 0.1) is 0 Å². The van der Waals surface area contributed by atoms with Crippen molar-refractivity contribution < 1.29 is 9.59 Å². The van der Waals surface area contributed by atoms with E-state index < -0.39 is 11.1 Å². The fourth-order valence-electron chi connectivity index (χ4n) is 3.42. The van der Waals surface area contributed by atoms with Crippen molar-refractivity contribution in [3.8, 4) is 0 Å². The summed E-state index contributed by atoms with van der Waals surface area (Å²) in [5.74, 6) is -0.0784. The minimum absolute atomic E-state index is 0.0784. The topological polar surface area (TPSA) is 78.7 Å². The molecule has 0 aromatic heterocycles. The molecule has 0 radical (unpaired) electrons. The molecule has 1 spiro atoms. The Labute approximate surface area is 133 Å². The van der Waals surface area contributed by atoms with Gasteiger partial charge in [0.2, 0.25) is 0 Å². The normalized spacial score (nSPS) is 22.5. The first-order valence-corrected chi connectivity index (χ1v) is 8.55. The lowest BCUT2D eigenvalue weighted by Crippen LogP contribution is -2.56. The van der Waals surface area contributed by atoms with Crippen LogP contribution < -0.4 is 11.1 Å². The van der Waals surface area contributed by atoms with Crippen LogP contribution in [0.3, 0.4) is 0 Å². The fraction of sp³-hybridized carbons (Fsp3) is 0.875. The molecule has 2 saturated heterocycles. The lowest BCUT2D eigenvalue weighted by molar-refractivity contribution is -0.133. The molecule has 2 fully saturated rings. The maximum absolute atomic E-state index is 12.8. The largest absolute Gasteiger partial charge is 0.325 e. The molecule has 0 bridgehead atoms. The molecule has 22 heavy (non-hydrogen) atoms. The Morgan fingerprint density at radius 1 is 1.18 bits per heavy atom. The number of hydrogen-bond acceptors (Lipinski definition) is 4. The highest BCUT2D eigenvalue weighted by molar-refractivity contribution is 6.07. The standard InChI is InChI=1S/C16H30N4O2/c1-4-9-19-10-7-16(8-11-19)13(21)20(14(22)18-16)12-15(17,5-2)6-3/h4-12,17H2,1-3H3,(H,18,22). The van der Waals surface area contributed by atoms with E-state index in [-0.39, 0.29) is 11.9 Å². The van der Waals surface area contributed by atoms with E-state index in [0.717, 1.165) is 38.9 Å². The van der Waals surface area contributed by atoms with E-state index >= 15 is 0 Å². The molecule has 0 unspecified atom stereocenters. The van der Waals surface area contributed by atoms with Gasteiger partial charge in [0.1, 0.15) is 5.54 Å². The molecule has 2 rings (SSSR count). The number of rotatable bonds is 6. The first-order chi connectivity index (χ1) is 10.4. The average Bonchev–Trinajstić information content (AvgIpc) is 2.74. The van der Waals surface area contributed by atoms with Gasteiger partial charge in [-0.15, -0.1) is 0 Å². The van der Waals surface area contributed by atoms with Gasteiger partial charge in [0.25, 0.3) is 5.91 Å². The van der Waals surface area contributed by atoms with Gasteiger partial charge in [-0.3, -0.25) is 9.69 Å². The molecule has 3 N–H and O–H groups in total. The maximum Gasteiger partial charge on any atom is 0.325 e. The third kappa shape index (κ3) is 3.13. The lowest BCUT2D eigenvalue weighted by Gasteiger charge is -2.37. The van der Waals surface area contributed by atoms with Gasteiger partial charge < -0.3 is 16.0 Å². The van der Waals surface area contributed by atoms with Crippen LogP contribution in [-0.4, -0.2) is 59.0 Å². The van der Waals surface area contributed by atoms with E-state index in [0.29, 0.717) is 19.4 Å². The summed E-state index contributed by atoms with van der Waals surface area (Å²) in [6.07, 6.45) is 4.01. The molecule has 6 nitrogen and oxygen atoms in total. The van der Waals surface area contributed by atoms with Crippen molar-refractivity contribution in [3.05, 3.63) is 0 Å².